The van der Waals surface area contributed by atoms with E-state index in [0.717, 1.165) is 19.6 Å². The van der Waals surface area contributed by atoms with Crippen LogP contribution in [-0.2, 0) is 20.8 Å². The summed E-state index contributed by atoms with van der Waals surface area (Å²) in [5.74, 6) is 0. The Labute approximate surface area is 109 Å². The molecule has 1 aromatic heterocycles. The highest BCUT2D eigenvalue weighted by atomic mass is 16.5. The van der Waals surface area contributed by atoms with Crippen molar-refractivity contribution >= 4 is 0 Å². The molecular formula is C13H24N2O3. The Morgan fingerprint density at radius 1 is 0.944 bits per heavy atom. The average molecular weight is 256 g/mol. The fourth-order valence-corrected chi connectivity index (χ4v) is 1.38. The van der Waals surface area contributed by atoms with Gasteiger partial charge in [0.25, 0.3) is 0 Å². The Hall–Kier alpha value is -0.910. The molecule has 0 amide bonds. The van der Waals surface area contributed by atoms with Gasteiger partial charge in [-0.05, 0) is 12.5 Å². The number of hydrogen-bond acceptors (Lipinski definition) is 4. The summed E-state index contributed by atoms with van der Waals surface area (Å²) in [6.07, 6.45) is 5.98. The maximum atomic E-state index is 5.43. The Morgan fingerprint density at radius 3 is 2.22 bits per heavy atom. The third-order valence-corrected chi connectivity index (χ3v) is 2.41. The second kappa shape index (κ2) is 11.2. The van der Waals surface area contributed by atoms with Crippen molar-refractivity contribution in [2.45, 2.75) is 26.3 Å². The van der Waals surface area contributed by atoms with Crippen LogP contribution in [0.5, 0.6) is 0 Å². The van der Waals surface area contributed by atoms with E-state index in [1.54, 1.807) is 6.20 Å². The summed E-state index contributed by atoms with van der Waals surface area (Å²) in [5.41, 5.74) is 0. The molecule has 0 N–H and O–H groups in total. The second-order valence-electron chi connectivity index (χ2n) is 3.96. The lowest BCUT2D eigenvalue weighted by Crippen LogP contribution is -2.12. The molecule has 0 aliphatic rings. The third kappa shape index (κ3) is 8.22. The van der Waals surface area contributed by atoms with Gasteiger partial charge in [0.15, 0.2) is 0 Å². The normalized spacial score (nSPS) is 10.9. The largest absolute Gasteiger partial charge is 0.379 e. The van der Waals surface area contributed by atoms with Crippen LogP contribution in [0.15, 0.2) is 18.5 Å². The molecule has 0 aliphatic carbocycles. The number of aromatic nitrogens is 2. The molecule has 104 valence electrons. The van der Waals surface area contributed by atoms with E-state index in [-0.39, 0.29) is 0 Å². The lowest BCUT2D eigenvalue weighted by Gasteiger charge is -2.06. The zero-order chi connectivity index (χ0) is 12.9. The van der Waals surface area contributed by atoms with Crippen molar-refractivity contribution in [2.75, 3.05) is 39.6 Å². The van der Waals surface area contributed by atoms with E-state index in [4.69, 9.17) is 14.2 Å². The van der Waals surface area contributed by atoms with E-state index in [1.165, 1.54) is 6.42 Å². The van der Waals surface area contributed by atoms with Gasteiger partial charge in [-0.3, -0.25) is 4.68 Å². The lowest BCUT2D eigenvalue weighted by atomic mass is 10.4. The van der Waals surface area contributed by atoms with Crippen molar-refractivity contribution < 1.29 is 14.2 Å². The minimum atomic E-state index is 0.621. The van der Waals surface area contributed by atoms with Gasteiger partial charge in [0.2, 0.25) is 0 Å². The van der Waals surface area contributed by atoms with Gasteiger partial charge in [-0.25, -0.2) is 0 Å². The molecule has 5 nitrogen and oxygen atoms in total. The van der Waals surface area contributed by atoms with Crippen molar-refractivity contribution in [1.29, 1.82) is 0 Å². The van der Waals surface area contributed by atoms with Crippen LogP contribution in [0.25, 0.3) is 0 Å². The maximum Gasteiger partial charge on any atom is 0.0701 e. The Bertz CT molecular complexity index is 265. The molecule has 0 saturated carbocycles. The fraction of sp³-hybridized carbons (Fsp3) is 0.769. The Kier molecular flexibility index (Phi) is 9.42. The van der Waals surface area contributed by atoms with Gasteiger partial charge < -0.3 is 14.2 Å². The summed E-state index contributed by atoms with van der Waals surface area (Å²) < 4.78 is 18.0. The predicted molar refractivity (Wildman–Crippen MR) is 69.6 cm³/mol. The molecule has 1 heterocycles. The first-order chi connectivity index (χ1) is 8.93. The first-order valence-electron chi connectivity index (χ1n) is 6.64. The molecule has 0 spiro atoms. The van der Waals surface area contributed by atoms with Crippen LogP contribution in [0.3, 0.4) is 0 Å². The van der Waals surface area contributed by atoms with E-state index in [2.05, 4.69) is 12.0 Å². The molecule has 1 aromatic rings. The number of rotatable bonds is 12. The molecule has 0 radical (unpaired) electrons. The number of hydrogen-bond donors (Lipinski definition) is 0. The van der Waals surface area contributed by atoms with E-state index in [1.807, 2.05) is 16.9 Å². The molecule has 0 aromatic carbocycles. The van der Waals surface area contributed by atoms with E-state index in [0.29, 0.717) is 33.0 Å². The van der Waals surface area contributed by atoms with E-state index < -0.39 is 0 Å². The lowest BCUT2D eigenvalue weighted by molar-refractivity contribution is 0.0123. The van der Waals surface area contributed by atoms with Crippen LogP contribution in [0, 0.1) is 0 Å². The second-order valence-corrected chi connectivity index (χ2v) is 3.96. The molecule has 5 heteroatoms. The summed E-state index contributed by atoms with van der Waals surface area (Å²) in [4.78, 5) is 0. The van der Waals surface area contributed by atoms with Crippen molar-refractivity contribution in [1.82, 2.24) is 9.78 Å². The molecule has 0 unspecified atom stereocenters. The van der Waals surface area contributed by atoms with Crippen molar-refractivity contribution in [3.8, 4) is 0 Å². The summed E-state index contributed by atoms with van der Waals surface area (Å²) in [5, 5.41) is 4.09. The molecule has 0 bridgehead atoms. The highest BCUT2D eigenvalue weighted by molar-refractivity contribution is 4.77. The van der Waals surface area contributed by atoms with E-state index >= 15 is 0 Å². The molecule has 0 atom stereocenters. The molecule has 0 saturated heterocycles. The van der Waals surface area contributed by atoms with E-state index in [9.17, 15) is 0 Å². The van der Waals surface area contributed by atoms with Gasteiger partial charge in [0, 0.05) is 19.0 Å². The molecule has 1 rings (SSSR count). The van der Waals surface area contributed by atoms with Crippen LogP contribution in [-0.4, -0.2) is 49.4 Å². The quantitative estimate of drug-likeness (QED) is 0.534. The van der Waals surface area contributed by atoms with Gasteiger partial charge in [0.05, 0.1) is 39.6 Å². The maximum absolute atomic E-state index is 5.43. The van der Waals surface area contributed by atoms with Crippen molar-refractivity contribution in [3.05, 3.63) is 18.5 Å². The van der Waals surface area contributed by atoms with Gasteiger partial charge in [0.1, 0.15) is 0 Å². The predicted octanol–water partition coefficient (Wildman–Crippen LogP) is 1.73. The number of ether oxygens (including phenoxy) is 3. The van der Waals surface area contributed by atoms with Crippen LogP contribution in [0.1, 0.15) is 19.8 Å². The topological polar surface area (TPSA) is 45.5 Å². The van der Waals surface area contributed by atoms with Gasteiger partial charge >= 0.3 is 0 Å². The molecule has 18 heavy (non-hydrogen) atoms. The standard InChI is InChI=1S/C13H24N2O3/c1-2-3-8-16-10-12-18-13-11-17-9-7-15-6-4-5-14-15/h4-6H,2-3,7-13H2,1H3. The van der Waals surface area contributed by atoms with Crippen LogP contribution in [0.2, 0.25) is 0 Å². The van der Waals surface area contributed by atoms with Crippen molar-refractivity contribution in [2.24, 2.45) is 0 Å². The smallest absolute Gasteiger partial charge is 0.0701 e. The van der Waals surface area contributed by atoms with Gasteiger partial charge in [-0.1, -0.05) is 13.3 Å². The minimum absolute atomic E-state index is 0.621. The number of nitrogens with zero attached hydrogens (tertiary/aromatic N) is 2. The minimum Gasteiger partial charge on any atom is -0.379 e. The highest BCUT2D eigenvalue weighted by Crippen LogP contribution is 1.88. The molecular weight excluding hydrogens is 232 g/mol. The Balaban J connectivity index is 1.73. The summed E-state index contributed by atoms with van der Waals surface area (Å²) >= 11 is 0. The SMILES string of the molecule is CCCCOCCOCCOCCn1cccn1. The van der Waals surface area contributed by atoms with Crippen LogP contribution >= 0.6 is 0 Å². The summed E-state index contributed by atoms with van der Waals surface area (Å²) in [6.45, 7) is 7.00. The van der Waals surface area contributed by atoms with Crippen LogP contribution in [0.4, 0.5) is 0 Å². The average Bonchev–Trinajstić information content (AvgIpc) is 2.89. The van der Waals surface area contributed by atoms with Gasteiger partial charge in [-0.15, -0.1) is 0 Å². The monoisotopic (exact) mass is 256 g/mol. The zero-order valence-electron chi connectivity index (χ0n) is 11.2. The highest BCUT2D eigenvalue weighted by Gasteiger charge is 1.93. The summed E-state index contributed by atoms with van der Waals surface area (Å²) in [6, 6.07) is 1.90. The van der Waals surface area contributed by atoms with Crippen molar-refractivity contribution in [3.63, 3.8) is 0 Å². The first-order valence-corrected chi connectivity index (χ1v) is 6.64. The van der Waals surface area contributed by atoms with Crippen LogP contribution < -0.4 is 0 Å². The first kappa shape index (κ1) is 15.1. The molecule has 0 fully saturated rings. The fourth-order valence-electron chi connectivity index (χ4n) is 1.38. The Morgan fingerprint density at radius 2 is 1.61 bits per heavy atom. The van der Waals surface area contributed by atoms with Gasteiger partial charge in [-0.2, -0.15) is 5.10 Å². The summed E-state index contributed by atoms with van der Waals surface area (Å²) in [7, 11) is 0. The number of unbranched alkanes of at least 4 members (excludes halogenated alkanes) is 1. The zero-order valence-corrected chi connectivity index (χ0v) is 11.2. The molecule has 0 aliphatic heterocycles. The third-order valence-electron chi connectivity index (χ3n) is 2.41.